The van der Waals surface area contributed by atoms with Crippen molar-refractivity contribution in [1.29, 1.82) is 0 Å². The van der Waals surface area contributed by atoms with Gasteiger partial charge >= 0.3 is 0 Å². The molecule has 1 amide bonds. The van der Waals surface area contributed by atoms with Crippen LogP contribution in [0, 0.1) is 0 Å². The Balaban J connectivity index is 1.71. The van der Waals surface area contributed by atoms with Crippen molar-refractivity contribution in [2.45, 2.75) is 6.42 Å². The second kappa shape index (κ2) is 8.06. The SMILES string of the molecule is COc1ccc(N2CCCS2(=O)=O)cc1NC(=O)COc1ccc(Cl)cc1. The van der Waals surface area contributed by atoms with E-state index in [1.165, 1.54) is 11.4 Å². The number of sulfonamides is 1. The number of halogens is 1. The summed E-state index contributed by atoms with van der Waals surface area (Å²) < 4.78 is 36.2. The van der Waals surface area contributed by atoms with Crippen LogP contribution < -0.4 is 19.1 Å². The van der Waals surface area contributed by atoms with E-state index in [0.717, 1.165) is 0 Å². The molecular formula is C18H19ClN2O5S. The third-order valence-corrected chi connectivity index (χ3v) is 6.15. The maximum absolute atomic E-state index is 12.2. The summed E-state index contributed by atoms with van der Waals surface area (Å²) in [5.74, 6) is 0.661. The van der Waals surface area contributed by atoms with Gasteiger partial charge in [0.1, 0.15) is 11.5 Å². The Morgan fingerprint density at radius 1 is 1.22 bits per heavy atom. The number of benzene rings is 2. The fourth-order valence-electron chi connectivity index (χ4n) is 2.74. The van der Waals surface area contributed by atoms with Gasteiger partial charge in [0.15, 0.2) is 6.61 Å². The predicted molar refractivity (Wildman–Crippen MR) is 104 cm³/mol. The van der Waals surface area contributed by atoms with Gasteiger partial charge in [0.2, 0.25) is 10.0 Å². The molecule has 2 aromatic rings. The van der Waals surface area contributed by atoms with Crippen LogP contribution in [0.1, 0.15) is 6.42 Å². The molecule has 144 valence electrons. The van der Waals surface area contributed by atoms with E-state index in [1.807, 2.05) is 0 Å². The molecule has 0 bridgehead atoms. The highest BCUT2D eigenvalue weighted by molar-refractivity contribution is 7.93. The molecule has 1 heterocycles. The van der Waals surface area contributed by atoms with Crippen LogP contribution in [0.15, 0.2) is 42.5 Å². The fraction of sp³-hybridized carbons (Fsp3) is 0.278. The lowest BCUT2D eigenvalue weighted by atomic mass is 10.2. The molecule has 1 aliphatic rings. The van der Waals surface area contributed by atoms with E-state index in [-0.39, 0.29) is 12.4 Å². The largest absolute Gasteiger partial charge is 0.495 e. The number of carbonyl (C=O) groups is 1. The van der Waals surface area contributed by atoms with Gasteiger partial charge in [0.05, 0.1) is 24.2 Å². The zero-order chi connectivity index (χ0) is 19.4. The van der Waals surface area contributed by atoms with Gasteiger partial charge in [0, 0.05) is 11.6 Å². The molecule has 0 unspecified atom stereocenters. The molecule has 27 heavy (non-hydrogen) atoms. The van der Waals surface area contributed by atoms with E-state index < -0.39 is 15.9 Å². The minimum atomic E-state index is -3.31. The standard InChI is InChI=1S/C18H19ClN2O5S/c1-25-17-8-5-14(21-9-2-10-27(21,23)24)11-16(17)20-18(22)12-26-15-6-3-13(19)4-7-15/h3-8,11H,2,9-10,12H2,1H3,(H,20,22). The third-order valence-electron chi connectivity index (χ3n) is 4.03. The Morgan fingerprint density at radius 2 is 1.96 bits per heavy atom. The van der Waals surface area contributed by atoms with Crippen molar-refractivity contribution in [3.8, 4) is 11.5 Å². The highest BCUT2D eigenvalue weighted by atomic mass is 35.5. The third kappa shape index (κ3) is 4.64. The molecule has 1 saturated heterocycles. The summed E-state index contributed by atoms with van der Waals surface area (Å²) in [6, 6.07) is 11.5. The van der Waals surface area contributed by atoms with E-state index in [0.29, 0.717) is 40.9 Å². The Labute approximate surface area is 162 Å². The Bertz CT molecular complexity index is 931. The molecule has 7 nitrogen and oxygen atoms in total. The van der Waals surface area contributed by atoms with E-state index in [2.05, 4.69) is 5.32 Å². The number of anilines is 2. The van der Waals surface area contributed by atoms with Crippen LogP contribution in [0.3, 0.4) is 0 Å². The summed E-state index contributed by atoms with van der Waals surface area (Å²) in [5, 5.41) is 3.27. The predicted octanol–water partition coefficient (Wildman–Crippen LogP) is 2.91. The van der Waals surface area contributed by atoms with Gasteiger partial charge in [-0.2, -0.15) is 0 Å². The minimum Gasteiger partial charge on any atom is -0.495 e. The smallest absolute Gasteiger partial charge is 0.262 e. The fourth-order valence-corrected chi connectivity index (χ4v) is 4.43. The Kier molecular flexibility index (Phi) is 5.76. The summed E-state index contributed by atoms with van der Waals surface area (Å²) in [6.07, 6.45) is 0.574. The van der Waals surface area contributed by atoms with Gasteiger partial charge < -0.3 is 14.8 Å². The van der Waals surface area contributed by atoms with Crippen molar-refractivity contribution in [3.63, 3.8) is 0 Å². The molecule has 9 heteroatoms. The molecule has 2 aromatic carbocycles. The lowest BCUT2D eigenvalue weighted by Gasteiger charge is -2.19. The van der Waals surface area contributed by atoms with Crippen molar-refractivity contribution in [2.24, 2.45) is 0 Å². The zero-order valence-electron chi connectivity index (χ0n) is 14.6. The quantitative estimate of drug-likeness (QED) is 0.791. The van der Waals surface area contributed by atoms with Crippen LogP contribution in [-0.2, 0) is 14.8 Å². The lowest BCUT2D eigenvalue weighted by molar-refractivity contribution is -0.118. The number of nitrogens with one attached hydrogen (secondary N) is 1. The summed E-state index contributed by atoms with van der Waals surface area (Å²) in [5.41, 5.74) is 0.865. The van der Waals surface area contributed by atoms with Crippen LogP contribution in [-0.4, -0.2) is 40.3 Å². The number of carbonyl (C=O) groups excluding carboxylic acids is 1. The van der Waals surface area contributed by atoms with E-state index >= 15 is 0 Å². The molecule has 1 N–H and O–H groups in total. The molecule has 0 radical (unpaired) electrons. The number of rotatable bonds is 6. The maximum Gasteiger partial charge on any atom is 0.262 e. The number of nitrogens with zero attached hydrogens (tertiary/aromatic N) is 1. The summed E-state index contributed by atoms with van der Waals surface area (Å²) in [4.78, 5) is 12.2. The minimum absolute atomic E-state index is 0.121. The Morgan fingerprint density at radius 3 is 2.59 bits per heavy atom. The van der Waals surface area contributed by atoms with Crippen LogP contribution in [0.25, 0.3) is 0 Å². The molecule has 1 aliphatic heterocycles. The average molecular weight is 411 g/mol. The molecule has 0 spiro atoms. The van der Waals surface area contributed by atoms with Crippen LogP contribution >= 0.6 is 11.6 Å². The van der Waals surface area contributed by atoms with Crippen molar-refractivity contribution >= 4 is 38.9 Å². The van der Waals surface area contributed by atoms with E-state index in [9.17, 15) is 13.2 Å². The first-order valence-corrected chi connectivity index (χ1v) is 10.2. The monoisotopic (exact) mass is 410 g/mol. The highest BCUT2D eigenvalue weighted by Crippen LogP contribution is 2.32. The molecule has 0 atom stereocenters. The lowest BCUT2D eigenvalue weighted by Crippen LogP contribution is -2.25. The van der Waals surface area contributed by atoms with Crippen molar-refractivity contribution < 1.29 is 22.7 Å². The molecule has 0 saturated carbocycles. The average Bonchev–Trinajstić information content (AvgIpc) is 3.00. The van der Waals surface area contributed by atoms with Crippen molar-refractivity contribution in [1.82, 2.24) is 0 Å². The molecular weight excluding hydrogens is 392 g/mol. The van der Waals surface area contributed by atoms with Gasteiger partial charge in [-0.05, 0) is 48.9 Å². The second-order valence-corrected chi connectivity index (χ2v) is 8.37. The van der Waals surface area contributed by atoms with Gasteiger partial charge in [-0.3, -0.25) is 9.10 Å². The second-order valence-electron chi connectivity index (χ2n) is 5.92. The zero-order valence-corrected chi connectivity index (χ0v) is 16.2. The molecule has 0 aromatic heterocycles. The van der Waals surface area contributed by atoms with Gasteiger partial charge in [0.25, 0.3) is 5.91 Å². The normalized spacial score (nSPS) is 15.4. The molecule has 1 fully saturated rings. The van der Waals surface area contributed by atoms with Gasteiger partial charge in [-0.25, -0.2) is 8.42 Å². The summed E-state index contributed by atoms with van der Waals surface area (Å²) >= 11 is 5.81. The first-order valence-electron chi connectivity index (χ1n) is 8.26. The van der Waals surface area contributed by atoms with Crippen LogP contribution in [0.2, 0.25) is 5.02 Å². The van der Waals surface area contributed by atoms with Crippen LogP contribution in [0.4, 0.5) is 11.4 Å². The first kappa shape index (κ1) is 19.3. The summed E-state index contributed by atoms with van der Waals surface area (Å²) in [6.45, 7) is 0.207. The number of hydrogen-bond acceptors (Lipinski definition) is 5. The first-order chi connectivity index (χ1) is 12.9. The topological polar surface area (TPSA) is 84.9 Å². The number of methoxy groups -OCH3 is 1. The van der Waals surface area contributed by atoms with Crippen LogP contribution in [0.5, 0.6) is 11.5 Å². The molecule has 0 aliphatic carbocycles. The van der Waals surface area contributed by atoms with E-state index in [4.69, 9.17) is 21.1 Å². The number of hydrogen-bond donors (Lipinski definition) is 1. The van der Waals surface area contributed by atoms with Gasteiger partial charge in [-0.1, -0.05) is 11.6 Å². The summed E-state index contributed by atoms with van der Waals surface area (Å²) in [7, 11) is -1.84. The highest BCUT2D eigenvalue weighted by Gasteiger charge is 2.29. The Hall–Kier alpha value is -2.45. The number of amides is 1. The maximum atomic E-state index is 12.2. The van der Waals surface area contributed by atoms with Crippen molar-refractivity contribution in [2.75, 3.05) is 35.6 Å². The van der Waals surface area contributed by atoms with E-state index in [1.54, 1.807) is 42.5 Å². The number of ether oxygens (including phenoxy) is 2. The van der Waals surface area contributed by atoms with Crippen molar-refractivity contribution in [3.05, 3.63) is 47.5 Å². The molecule has 3 rings (SSSR count). The van der Waals surface area contributed by atoms with Gasteiger partial charge in [-0.15, -0.1) is 0 Å².